The van der Waals surface area contributed by atoms with E-state index >= 15 is 0 Å². The molecule has 2 aromatic carbocycles. The fourth-order valence-electron chi connectivity index (χ4n) is 3.44. The predicted octanol–water partition coefficient (Wildman–Crippen LogP) is 4.22. The molecule has 0 aromatic heterocycles. The first-order valence-corrected chi connectivity index (χ1v) is 8.97. The van der Waals surface area contributed by atoms with E-state index in [4.69, 9.17) is 4.74 Å². The predicted molar refractivity (Wildman–Crippen MR) is 97.0 cm³/mol. The fourth-order valence-corrected chi connectivity index (χ4v) is 3.44. The van der Waals surface area contributed by atoms with Gasteiger partial charge in [0.2, 0.25) is 0 Å². The molecule has 0 unspecified atom stereocenters. The van der Waals surface area contributed by atoms with Gasteiger partial charge in [0.25, 0.3) is 0 Å². The number of hydrogen-bond acceptors (Lipinski definition) is 3. The molecule has 0 radical (unpaired) electrons. The van der Waals surface area contributed by atoms with Crippen LogP contribution in [-0.4, -0.2) is 17.2 Å². The Labute approximate surface area is 144 Å². The van der Waals surface area contributed by atoms with E-state index in [1.807, 2.05) is 42.5 Å². The van der Waals surface area contributed by atoms with Crippen LogP contribution >= 0.6 is 0 Å². The monoisotopic (exact) mass is 325 g/mol. The minimum atomic E-state index is -0.480. The molecule has 3 rings (SSSR count). The Morgan fingerprint density at radius 2 is 1.96 bits per heavy atom. The lowest BCUT2D eigenvalue weighted by molar-refractivity contribution is 0.134. The van der Waals surface area contributed by atoms with Crippen molar-refractivity contribution < 1.29 is 9.84 Å². The van der Waals surface area contributed by atoms with Crippen molar-refractivity contribution in [3.8, 4) is 5.75 Å². The summed E-state index contributed by atoms with van der Waals surface area (Å²) in [5, 5.41) is 14.3. The van der Waals surface area contributed by atoms with Gasteiger partial charge in [0.05, 0.1) is 6.10 Å². The number of nitrogens with one attached hydrogen (secondary N) is 1. The Kier molecular flexibility index (Phi) is 5.89. The van der Waals surface area contributed by atoms with Crippen molar-refractivity contribution in [2.75, 3.05) is 0 Å². The van der Waals surface area contributed by atoms with E-state index in [9.17, 15) is 5.11 Å². The average Bonchev–Trinajstić information content (AvgIpc) is 3.09. The van der Waals surface area contributed by atoms with E-state index in [-0.39, 0.29) is 6.04 Å². The lowest BCUT2D eigenvalue weighted by Gasteiger charge is -2.21. The molecule has 24 heavy (non-hydrogen) atoms. The first-order chi connectivity index (χ1) is 11.8. The van der Waals surface area contributed by atoms with Crippen LogP contribution in [0.5, 0.6) is 5.75 Å². The fraction of sp³-hybridized carbons (Fsp3) is 0.429. The number of aliphatic hydroxyl groups is 1. The van der Waals surface area contributed by atoms with Gasteiger partial charge in [0.15, 0.2) is 0 Å². The number of aliphatic hydroxyl groups excluding tert-OH is 1. The second-order valence-corrected chi connectivity index (χ2v) is 6.63. The van der Waals surface area contributed by atoms with Crippen molar-refractivity contribution in [3.63, 3.8) is 0 Å². The zero-order valence-electron chi connectivity index (χ0n) is 14.3. The molecule has 3 nitrogen and oxygen atoms in total. The lowest BCUT2D eigenvalue weighted by Crippen LogP contribution is -2.33. The third-order valence-electron chi connectivity index (χ3n) is 4.74. The maximum absolute atomic E-state index is 10.7. The van der Waals surface area contributed by atoms with Gasteiger partial charge >= 0.3 is 0 Å². The molecule has 0 aliphatic carbocycles. The maximum Gasteiger partial charge on any atom is 0.120 e. The van der Waals surface area contributed by atoms with Crippen molar-refractivity contribution >= 4 is 0 Å². The number of rotatable bonds is 7. The van der Waals surface area contributed by atoms with Crippen molar-refractivity contribution in [1.82, 2.24) is 5.32 Å². The SMILES string of the molecule is CCC[C@@H]1CC[C@H]([C@@H](O)c2cccc(OCc3ccccc3)c2)N1. The van der Waals surface area contributed by atoms with E-state index in [2.05, 4.69) is 24.4 Å². The molecule has 2 aromatic rings. The second-order valence-electron chi connectivity index (χ2n) is 6.63. The first kappa shape index (κ1) is 17.0. The smallest absolute Gasteiger partial charge is 0.120 e. The highest BCUT2D eigenvalue weighted by molar-refractivity contribution is 5.31. The molecule has 2 N–H and O–H groups in total. The van der Waals surface area contributed by atoms with E-state index in [1.54, 1.807) is 0 Å². The van der Waals surface area contributed by atoms with E-state index in [0.29, 0.717) is 12.6 Å². The van der Waals surface area contributed by atoms with Crippen LogP contribution < -0.4 is 10.1 Å². The highest BCUT2D eigenvalue weighted by Crippen LogP contribution is 2.28. The molecule has 0 bridgehead atoms. The van der Waals surface area contributed by atoms with Gasteiger partial charge in [0, 0.05) is 12.1 Å². The molecule has 128 valence electrons. The highest BCUT2D eigenvalue weighted by atomic mass is 16.5. The average molecular weight is 325 g/mol. The second kappa shape index (κ2) is 8.32. The van der Waals surface area contributed by atoms with Gasteiger partial charge in [-0.2, -0.15) is 0 Å². The quantitative estimate of drug-likeness (QED) is 0.801. The molecule has 3 atom stereocenters. The third kappa shape index (κ3) is 4.37. The van der Waals surface area contributed by atoms with Crippen molar-refractivity contribution in [3.05, 3.63) is 65.7 Å². The molecule has 1 heterocycles. The third-order valence-corrected chi connectivity index (χ3v) is 4.74. The van der Waals surface area contributed by atoms with Crippen molar-refractivity contribution in [2.45, 2.75) is 57.4 Å². The summed E-state index contributed by atoms with van der Waals surface area (Å²) in [7, 11) is 0. The van der Waals surface area contributed by atoms with Crippen LogP contribution in [0.4, 0.5) is 0 Å². The molecule has 0 amide bonds. The summed E-state index contributed by atoms with van der Waals surface area (Å²) in [5.74, 6) is 0.804. The Morgan fingerprint density at radius 1 is 1.12 bits per heavy atom. The van der Waals surface area contributed by atoms with E-state index in [1.165, 1.54) is 12.8 Å². The summed E-state index contributed by atoms with van der Waals surface area (Å²) in [4.78, 5) is 0. The van der Waals surface area contributed by atoms with Crippen LogP contribution in [0.15, 0.2) is 54.6 Å². The van der Waals surface area contributed by atoms with Gasteiger partial charge in [0.1, 0.15) is 12.4 Å². The zero-order chi connectivity index (χ0) is 16.8. The minimum Gasteiger partial charge on any atom is -0.489 e. The standard InChI is InChI=1S/C21H27NO2/c1-2-7-18-12-13-20(22-18)21(23)17-10-6-11-19(14-17)24-15-16-8-4-3-5-9-16/h3-6,8-11,14,18,20-23H,2,7,12-13,15H2,1H3/t18-,20-,21+/m1/s1. The topological polar surface area (TPSA) is 41.5 Å². The van der Waals surface area contributed by atoms with Crippen LogP contribution in [0.3, 0.4) is 0 Å². The van der Waals surface area contributed by atoms with Gasteiger partial charge in [-0.1, -0.05) is 55.8 Å². The Balaban J connectivity index is 1.60. The Morgan fingerprint density at radius 3 is 2.75 bits per heavy atom. The van der Waals surface area contributed by atoms with Crippen LogP contribution in [0.25, 0.3) is 0 Å². The van der Waals surface area contributed by atoms with Gasteiger partial charge in [-0.25, -0.2) is 0 Å². The number of hydrogen-bond donors (Lipinski definition) is 2. The first-order valence-electron chi connectivity index (χ1n) is 8.97. The zero-order valence-corrected chi connectivity index (χ0v) is 14.3. The molecule has 1 fully saturated rings. The van der Waals surface area contributed by atoms with Crippen molar-refractivity contribution in [2.24, 2.45) is 0 Å². The maximum atomic E-state index is 10.7. The molecule has 3 heteroatoms. The molecule has 1 saturated heterocycles. The molecule has 0 spiro atoms. The summed E-state index contributed by atoms with van der Waals surface area (Å²) in [6, 6.07) is 18.7. The van der Waals surface area contributed by atoms with Crippen LogP contribution in [0.2, 0.25) is 0 Å². The summed E-state index contributed by atoms with van der Waals surface area (Å²) in [6.07, 6.45) is 4.07. The number of benzene rings is 2. The molecule has 0 saturated carbocycles. The van der Waals surface area contributed by atoms with Crippen LogP contribution in [-0.2, 0) is 6.61 Å². The number of ether oxygens (including phenoxy) is 1. The molecule has 1 aliphatic heterocycles. The summed E-state index contributed by atoms with van der Waals surface area (Å²) in [5.41, 5.74) is 2.07. The van der Waals surface area contributed by atoms with Gasteiger partial charge < -0.3 is 15.2 Å². The normalized spacial score (nSPS) is 21.6. The van der Waals surface area contributed by atoms with E-state index < -0.39 is 6.10 Å². The molecule has 1 aliphatic rings. The lowest BCUT2D eigenvalue weighted by atomic mass is 10.0. The van der Waals surface area contributed by atoms with Crippen LogP contribution in [0.1, 0.15) is 49.8 Å². The largest absolute Gasteiger partial charge is 0.489 e. The summed E-state index contributed by atoms with van der Waals surface area (Å²) in [6.45, 7) is 2.75. The van der Waals surface area contributed by atoms with Crippen molar-refractivity contribution in [1.29, 1.82) is 0 Å². The summed E-state index contributed by atoms with van der Waals surface area (Å²) >= 11 is 0. The van der Waals surface area contributed by atoms with Gasteiger partial charge in [-0.15, -0.1) is 0 Å². The molecular weight excluding hydrogens is 298 g/mol. The van der Waals surface area contributed by atoms with E-state index in [0.717, 1.165) is 29.7 Å². The Hall–Kier alpha value is -1.84. The minimum absolute atomic E-state index is 0.144. The van der Waals surface area contributed by atoms with Gasteiger partial charge in [-0.05, 0) is 42.5 Å². The highest BCUT2D eigenvalue weighted by Gasteiger charge is 2.29. The van der Waals surface area contributed by atoms with Crippen LogP contribution in [0, 0.1) is 0 Å². The Bertz CT molecular complexity index is 629. The van der Waals surface area contributed by atoms with Gasteiger partial charge in [-0.3, -0.25) is 0 Å². The summed E-state index contributed by atoms with van der Waals surface area (Å²) < 4.78 is 5.87. The molecular formula is C21H27NO2.